The van der Waals surface area contributed by atoms with Crippen LogP contribution >= 0.6 is 0 Å². The van der Waals surface area contributed by atoms with Crippen molar-refractivity contribution in [2.45, 2.75) is 31.3 Å². The van der Waals surface area contributed by atoms with E-state index in [1.165, 1.54) is 24.3 Å². The van der Waals surface area contributed by atoms with Crippen LogP contribution in [0.5, 0.6) is 5.75 Å². The molecule has 0 amide bonds. The van der Waals surface area contributed by atoms with Crippen LogP contribution in [-0.2, 0) is 12.6 Å². The zero-order valence-corrected chi connectivity index (χ0v) is 15.0. The smallest absolute Gasteiger partial charge is 0.417 e. The summed E-state index contributed by atoms with van der Waals surface area (Å²) in [6, 6.07) is 11.9. The van der Waals surface area contributed by atoms with Crippen LogP contribution < -0.4 is 4.74 Å². The molecule has 2 atom stereocenters. The topological polar surface area (TPSA) is 33.0 Å². The lowest BCUT2D eigenvalue weighted by Crippen LogP contribution is -2.42. The molecule has 0 aromatic heterocycles. The molecule has 0 heterocycles. The number of allylic oxidation sites excluding steroid dienone is 2. The molecular weight excluding hydrogens is 370 g/mol. The van der Waals surface area contributed by atoms with Crippen molar-refractivity contribution in [2.24, 2.45) is 0 Å². The summed E-state index contributed by atoms with van der Waals surface area (Å²) in [4.78, 5) is 0. The second-order valence-corrected chi connectivity index (χ2v) is 6.69. The Morgan fingerprint density at radius 1 is 1.11 bits per heavy atom. The minimum absolute atomic E-state index is 0.0151. The maximum Gasteiger partial charge on any atom is 0.417 e. The Hall–Kier alpha value is -3.07. The highest BCUT2D eigenvalue weighted by molar-refractivity contribution is 5.45. The van der Waals surface area contributed by atoms with Crippen LogP contribution in [0.2, 0.25) is 0 Å². The predicted molar refractivity (Wildman–Crippen MR) is 97.6 cm³/mol. The van der Waals surface area contributed by atoms with Gasteiger partial charge in [0.1, 0.15) is 5.75 Å². The number of benzene rings is 2. The van der Waals surface area contributed by atoms with Crippen molar-refractivity contribution in [3.63, 3.8) is 0 Å². The maximum absolute atomic E-state index is 15.7. The van der Waals surface area contributed by atoms with Gasteiger partial charge in [0, 0.05) is 6.42 Å². The average molecular weight is 387 g/mol. The minimum atomic E-state index is -4.71. The molecule has 0 saturated heterocycles. The van der Waals surface area contributed by atoms with Crippen LogP contribution in [0.15, 0.2) is 66.8 Å². The Morgan fingerprint density at radius 3 is 2.46 bits per heavy atom. The molecule has 6 heteroatoms. The third-order valence-electron chi connectivity index (χ3n) is 4.52. The molecular formula is C22H17F4NO. The number of halogens is 4. The largest absolute Gasteiger partial charge is 0.483 e. The zero-order chi connectivity index (χ0) is 20.4. The fourth-order valence-corrected chi connectivity index (χ4v) is 3.03. The van der Waals surface area contributed by atoms with Gasteiger partial charge < -0.3 is 4.74 Å². The number of alkyl halides is 4. The van der Waals surface area contributed by atoms with Gasteiger partial charge in [0.25, 0.3) is 0 Å². The van der Waals surface area contributed by atoms with E-state index in [1.807, 2.05) is 31.2 Å². The van der Waals surface area contributed by atoms with Crippen LogP contribution in [0.1, 0.15) is 22.3 Å². The first-order valence-electron chi connectivity index (χ1n) is 8.60. The number of nitriles is 1. The standard InChI is InChI=1S/C22H17F4NO/c1-15-5-7-16(8-6-15)13-21(23)11-3-2-4-20(21)28-18-10-9-17(14-27)19(12-18)22(24,25)26/h2-12,20H,13H2,1H3. The van der Waals surface area contributed by atoms with E-state index in [-0.39, 0.29) is 12.2 Å². The third-order valence-corrected chi connectivity index (χ3v) is 4.52. The van der Waals surface area contributed by atoms with E-state index in [0.29, 0.717) is 0 Å². The van der Waals surface area contributed by atoms with E-state index in [0.717, 1.165) is 23.3 Å². The number of ether oxygens (including phenoxy) is 1. The molecule has 2 nitrogen and oxygen atoms in total. The first kappa shape index (κ1) is 19.7. The summed E-state index contributed by atoms with van der Waals surface area (Å²) >= 11 is 0. The molecule has 0 radical (unpaired) electrons. The van der Waals surface area contributed by atoms with Crippen molar-refractivity contribution in [3.8, 4) is 11.8 Å². The Morgan fingerprint density at radius 2 is 1.82 bits per heavy atom. The monoisotopic (exact) mass is 387 g/mol. The van der Waals surface area contributed by atoms with Crippen molar-refractivity contribution in [1.29, 1.82) is 5.26 Å². The summed E-state index contributed by atoms with van der Waals surface area (Å²) in [5, 5.41) is 8.89. The van der Waals surface area contributed by atoms with E-state index in [1.54, 1.807) is 12.2 Å². The molecule has 0 spiro atoms. The summed E-state index contributed by atoms with van der Waals surface area (Å²) < 4.78 is 60.7. The van der Waals surface area contributed by atoms with Crippen molar-refractivity contribution in [2.75, 3.05) is 0 Å². The lowest BCUT2D eigenvalue weighted by Gasteiger charge is -2.32. The lowest BCUT2D eigenvalue weighted by atomic mass is 9.87. The summed E-state index contributed by atoms with van der Waals surface area (Å²) in [6.07, 6.45) is 0.168. The molecule has 0 fully saturated rings. The van der Waals surface area contributed by atoms with Gasteiger partial charge in [-0.3, -0.25) is 0 Å². The van der Waals surface area contributed by atoms with E-state index in [9.17, 15) is 13.2 Å². The summed E-state index contributed by atoms with van der Waals surface area (Å²) in [5.74, 6) is -0.151. The fraction of sp³-hybridized carbons (Fsp3) is 0.227. The number of hydrogen-bond acceptors (Lipinski definition) is 2. The predicted octanol–water partition coefficient (Wildman–Crippen LogP) is 5.71. The Balaban J connectivity index is 1.88. The molecule has 28 heavy (non-hydrogen) atoms. The summed E-state index contributed by atoms with van der Waals surface area (Å²) in [5.41, 5.74) is -1.75. The number of aryl methyl sites for hydroxylation is 1. The zero-order valence-electron chi connectivity index (χ0n) is 15.0. The Bertz CT molecular complexity index is 954. The van der Waals surface area contributed by atoms with Gasteiger partial charge in [-0.25, -0.2) is 4.39 Å². The van der Waals surface area contributed by atoms with Crippen molar-refractivity contribution in [3.05, 3.63) is 89.0 Å². The second-order valence-electron chi connectivity index (χ2n) is 6.69. The Kier molecular flexibility index (Phi) is 5.28. The molecule has 0 aliphatic heterocycles. The molecule has 1 aliphatic carbocycles. The summed E-state index contributed by atoms with van der Waals surface area (Å²) in [6.45, 7) is 1.92. The van der Waals surface area contributed by atoms with Gasteiger partial charge in [0.15, 0.2) is 11.8 Å². The first-order chi connectivity index (χ1) is 13.2. The highest BCUT2D eigenvalue weighted by Crippen LogP contribution is 2.36. The molecule has 2 aromatic carbocycles. The van der Waals surface area contributed by atoms with Crippen LogP contribution in [0.4, 0.5) is 17.6 Å². The SMILES string of the molecule is Cc1ccc(CC2(F)C=CC=CC2Oc2ccc(C#N)c(C(F)(F)F)c2)cc1. The van der Waals surface area contributed by atoms with Gasteiger partial charge in [-0.2, -0.15) is 18.4 Å². The molecule has 144 valence electrons. The Labute approximate surface area is 160 Å². The van der Waals surface area contributed by atoms with Gasteiger partial charge in [-0.05, 0) is 42.8 Å². The molecule has 2 aromatic rings. The molecule has 3 rings (SSSR count). The van der Waals surface area contributed by atoms with Crippen LogP contribution in [0, 0.1) is 18.3 Å². The lowest BCUT2D eigenvalue weighted by molar-refractivity contribution is -0.137. The average Bonchev–Trinajstić information content (AvgIpc) is 2.65. The van der Waals surface area contributed by atoms with Crippen LogP contribution in [-0.4, -0.2) is 11.8 Å². The number of rotatable bonds is 4. The molecule has 1 aliphatic rings. The molecule has 0 bridgehead atoms. The number of hydrogen-bond donors (Lipinski definition) is 0. The van der Waals surface area contributed by atoms with Crippen molar-refractivity contribution < 1.29 is 22.3 Å². The van der Waals surface area contributed by atoms with Crippen molar-refractivity contribution in [1.82, 2.24) is 0 Å². The van der Waals surface area contributed by atoms with Crippen molar-refractivity contribution >= 4 is 0 Å². The van der Waals surface area contributed by atoms with E-state index in [4.69, 9.17) is 10.00 Å². The normalized spacial score (nSPS) is 21.4. The molecule has 0 saturated carbocycles. The van der Waals surface area contributed by atoms with Crippen LogP contribution in [0.25, 0.3) is 0 Å². The highest BCUT2D eigenvalue weighted by Gasteiger charge is 2.39. The first-order valence-corrected chi connectivity index (χ1v) is 8.60. The quantitative estimate of drug-likeness (QED) is 0.630. The molecule has 2 unspecified atom stereocenters. The molecule has 0 N–H and O–H groups in total. The van der Waals surface area contributed by atoms with Gasteiger partial charge in [0.05, 0.1) is 17.2 Å². The maximum atomic E-state index is 15.7. The van der Waals surface area contributed by atoms with Gasteiger partial charge in [0.2, 0.25) is 0 Å². The second kappa shape index (κ2) is 7.51. The minimum Gasteiger partial charge on any atom is -0.483 e. The van der Waals surface area contributed by atoms with Gasteiger partial charge >= 0.3 is 6.18 Å². The van der Waals surface area contributed by atoms with Crippen LogP contribution in [0.3, 0.4) is 0 Å². The fourth-order valence-electron chi connectivity index (χ4n) is 3.03. The van der Waals surface area contributed by atoms with E-state index < -0.39 is 29.1 Å². The van der Waals surface area contributed by atoms with Gasteiger partial charge in [-0.1, -0.05) is 42.0 Å². The highest BCUT2D eigenvalue weighted by atomic mass is 19.4. The summed E-state index contributed by atoms with van der Waals surface area (Å²) in [7, 11) is 0. The third kappa shape index (κ3) is 4.25. The van der Waals surface area contributed by atoms with Gasteiger partial charge in [-0.15, -0.1) is 0 Å². The van der Waals surface area contributed by atoms with E-state index in [2.05, 4.69) is 0 Å². The number of nitrogens with zero attached hydrogens (tertiary/aromatic N) is 1. The van der Waals surface area contributed by atoms with E-state index >= 15 is 4.39 Å².